The van der Waals surface area contributed by atoms with Crippen molar-refractivity contribution in [1.29, 1.82) is 0 Å². The zero-order valence-corrected chi connectivity index (χ0v) is 64.1. The summed E-state index contributed by atoms with van der Waals surface area (Å²) >= 11 is 0. The zero-order chi connectivity index (χ0) is 75.5. The summed E-state index contributed by atoms with van der Waals surface area (Å²) in [6, 6.07) is 119. The summed E-state index contributed by atoms with van der Waals surface area (Å²) in [4.78, 5) is 20.1. The molecule has 0 saturated heterocycles. The monoisotopic (exact) mass is 1430 g/mol. The molecule has 0 aliphatic heterocycles. The summed E-state index contributed by atoms with van der Waals surface area (Å²) in [6.07, 6.45) is 5.60. The first-order valence-electron chi connectivity index (χ1n) is 39.3. The molecule has 112 heavy (non-hydrogen) atoms. The summed E-state index contributed by atoms with van der Waals surface area (Å²) in [5.41, 5.74) is 41.4. The van der Waals surface area contributed by atoms with Crippen LogP contribution in [0.2, 0.25) is 0 Å². The van der Waals surface area contributed by atoms with Crippen molar-refractivity contribution in [3.05, 3.63) is 385 Å². The molecule has 4 heteroatoms. The van der Waals surface area contributed by atoms with Gasteiger partial charge < -0.3 is 0 Å². The summed E-state index contributed by atoms with van der Waals surface area (Å²) in [5.74, 6) is 0. The van der Waals surface area contributed by atoms with Crippen LogP contribution in [0.3, 0.4) is 0 Å². The van der Waals surface area contributed by atoms with Gasteiger partial charge in [-0.15, -0.1) is 0 Å². The van der Waals surface area contributed by atoms with Gasteiger partial charge in [0, 0.05) is 78.5 Å². The first-order valence-corrected chi connectivity index (χ1v) is 39.3. The Balaban J connectivity index is 0.000000141. The second kappa shape index (κ2) is 25.1. The van der Waals surface area contributed by atoms with Crippen molar-refractivity contribution in [2.24, 2.45) is 0 Å². The predicted octanol–water partition coefficient (Wildman–Crippen LogP) is 28.1. The molecule has 22 rings (SSSR count). The van der Waals surface area contributed by atoms with Gasteiger partial charge in [0.2, 0.25) is 0 Å². The highest BCUT2D eigenvalue weighted by Crippen LogP contribution is 2.56. The smallest absolute Gasteiger partial charge is 0.0794 e. The average Bonchev–Trinajstić information content (AvgIpc) is 1.66. The molecule has 4 aliphatic carbocycles. The fraction of sp³-hybridized carbons (Fsp3) is 0.111. The van der Waals surface area contributed by atoms with E-state index in [4.69, 9.17) is 9.97 Å². The van der Waals surface area contributed by atoms with E-state index in [9.17, 15) is 0 Å². The molecule has 0 radical (unpaired) electrons. The van der Waals surface area contributed by atoms with E-state index in [1.54, 1.807) is 0 Å². The van der Waals surface area contributed by atoms with Gasteiger partial charge in [-0.2, -0.15) is 0 Å². The Kier molecular flexibility index (Phi) is 15.0. The normalized spacial score (nSPS) is 14.4. The highest BCUT2D eigenvalue weighted by atomic mass is 14.7. The molecule has 4 aromatic heterocycles. The molecule has 532 valence electrons. The molecular formula is C108H80N4. The largest absolute Gasteiger partial charge is 0.264 e. The summed E-state index contributed by atoms with van der Waals surface area (Å²) in [6.45, 7) is 18.9. The summed E-state index contributed by atoms with van der Waals surface area (Å²) < 4.78 is 0. The Morgan fingerprint density at radius 3 is 0.893 bits per heavy atom. The zero-order valence-electron chi connectivity index (χ0n) is 64.1. The van der Waals surface area contributed by atoms with E-state index in [1.807, 2.05) is 36.8 Å². The lowest BCUT2D eigenvalue weighted by molar-refractivity contribution is 0.660. The molecule has 4 aliphatic rings. The SMILES string of the molecule is CC1(C)c2ccccc2-c2ccc(-c3cc(-c4ccc5c(c4)C(C)(C)c4ccccc4-5)c4cc(-c5ccc(-c6ccccn6)cc5)c5ccccc5c4n3)cc21.CC1(C)c2ccccc2-c2ccc(-c3cc(-c4ccc5c(c4)C(C)(C)c4ccccc4-5)c4cc(-c5ccc(-c6cccnc6)cc5)c5ccccc5c4n3)cc21. The first-order chi connectivity index (χ1) is 54.5. The van der Waals surface area contributed by atoms with E-state index in [-0.39, 0.29) is 21.7 Å². The van der Waals surface area contributed by atoms with Gasteiger partial charge in [0.1, 0.15) is 0 Å². The van der Waals surface area contributed by atoms with Crippen LogP contribution in [0.15, 0.2) is 340 Å². The molecule has 0 spiro atoms. The second-order valence-electron chi connectivity index (χ2n) is 33.2. The topological polar surface area (TPSA) is 51.6 Å². The molecule has 0 N–H and O–H groups in total. The molecule has 0 bridgehead atoms. The standard InChI is InChI=1S/2C54H40N2/c1-53(2)47-17-9-7-14-39(47)41-25-23-35(28-49(41)53)45-31-51(36-24-26-42-40-15-8-10-18-48(40)54(3,4)50(42)29-36)56-52-43-16-6-5-13-38(43)44(30-46(45)52)34-21-19-33(20-22-34)37-12-11-27-55-32-37;1-53(2)46-17-9-7-14-38(46)40-26-24-35(29-48(40)53)44-32-51(36-25-27-41-39-15-8-10-18-47(39)54(3,4)49(41)30-36)56-52-42-16-6-5-13-37(42)43(31-45(44)52)33-20-22-34(23-21-33)50-19-11-12-28-55-50/h2*5-32H,1-4H3. The molecule has 14 aromatic carbocycles. The number of benzene rings is 14. The average molecular weight is 1430 g/mol. The van der Waals surface area contributed by atoms with Gasteiger partial charge in [0.25, 0.3) is 0 Å². The Morgan fingerprint density at radius 2 is 0.509 bits per heavy atom. The van der Waals surface area contributed by atoms with Crippen LogP contribution in [0.25, 0.3) is 177 Å². The highest BCUT2D eigenvalue weighted by Gasteiger charge is 2.40. The maximum absolute atomic E-state index is 5.60. The van der Waals surface area contributed by atoms with Crippen LogP contribution in [-0.4, -0.2) is 19.9 Å². The van der Waals surface area contributed by atoms with Crippen molar-refractivity contribution >= 4 is 43.4 Å². The van der Waals surface area contributed by atoms with Crippen molar-refractivity contribution in [1.82, 2.24) is 19.9 Å². The molecule has 0 fully saturated rings. The third-order valence-corrected chi connectivity index (χ3v) is 25.5. The van der Waals surface area contributed by atoms with E-state index in [0.717, 1.165) is 77.5 Å². The van der Waals surface area contributed by atoms with Gasteiger partial charge in [0.05, 0.1) is 28.1 Å². The number of rotatable bonds is 8. The maximum atomic E-state index is 5.60. The van der Waals surface area contributed by atoms with Crippen LogP contribution >= 0.6 is 0 Å². The minimum atomic E-state index is -0.110. The molecular weight excluding hydrogens is 1350 g/mol. The maximum Gasteiger partial charge on any atom is 0.0794 e. The molecule has 4 nitrogen and oxygen atoms in total. The van der Waals surface area contributed by atoms with Crippen LogP contribution in [-0.2, 0) is 21.7 Å². The first kappa shape index (κ1) is 66.9. The van der Waals surface area contributed by atoms with Crippen molar-refractivity contribution in [2.45, 2.75) is 77.0 Å². The second-order valence-corrected chi connectivity index (χ2v) is 33.2. The lowest BCUT2D eigenvalue weighted by atomic mass is 9.81. The lowest BCUT2D eigenvalue weighted by Gasteiger charge is -2.23. The third-order valence-electron chi connectivity index (χ3n) is 25.5. The van der Waals surface area contributed by atoms with Crippen molar-refractivity contribution < 1.29 is 0 Å². The van der Waals surface area contributed by atoms with Crippen molar-refractivity contribution in [3.63, 3.8) is 0 Å². The number of pyridine rings is 4. The van der Waals surface area contributed by atoms with E-state index in [0.29, 0.717) is 0 Å². The Hall–Kier alpha value is -13.3. The Labute approximate surface area is 654 Å². The van der Waals surface area contributed by atoms with E-state index < -0.39 is 0 Å². The number of aromatic nitrogens is 4. The van der Waals surface area contributed by atoms with Gasteiger partial charge in [-0.05, 0) is 222 Å². The molecule has 18 aromatic rings. The quantitative estimate of drug-likeness (QED) is 0.142. The molecule has 0 unspecified atom stereocenters. The van der Waals surface area contributed by atoms with Crippen LogP contribution in [0.5, 0.6) is 0 Å². The molecule has 0 amide bonds. The summed E-state index contributed by atoms with van der Waals surface area (Å²) in [7, 11) is 0. The lowest BCUT2D eigenvalue weighted by Crippen LogP contribution is -2.15. The molecule has 0 saturated carbocycles. The van der Waals surface area contributed by atoms with Gasteiger partial charge in [0.15, 0.2) is 0 Å². The number of nitrogens with zero attached hydrogens (tertiary/aromatic N) is 4. The predicted molar refractivity (Wildman–Crippen MR) is 468 cm³/mol. The van der Waals surface area contributed by atoms with E-state index in [1.165, 1.54) is 144 Å². The summed E-state index contributed by atoms with van der Waals surface area (Å²) in [5, 5.41) is 7.00. The Bertz CT molecular complexity index is 6540. The van der Waals surface area contributed by atoms with Crippen LogP contribution in [0, 0.1) is 0 Å². The van der Waals surface area contributed by atoms with Crippen molar-refractivity contribution in [2.75, 3.05) is 0 Å². The molecule has 4 heterocycles. The van der Waals surface area contributed by atoms with Crippen LogP contribution in [0.4, 0.5) is 0 Å². The number of hydrogen-bond acceptors (Lipinski definition) is 4. The third kappa shape index (κ3) is 10.3. The fourth-order valence-electron chi connectivity index (χ4n) is 19.6. The minimum absolute atomic E-state index is 0.101. The van der Waals surface area contributed by atoms with E-state index in [2.05, 4.69) is 369 Å². The number of fused-ring (bicyclic) bond motifs is 18. The minimum Gasteiger partial charge on any atom is -0.264 e. The van der Waals surface area contributed by atoms with Gasteiger partial charge in [-0.3, -0.25) is 9.97 Å². The highest BCUT2D eigenvalue weighted by molar-refractivity contribution is 6.18. The molecule has 0 atom stereocenters. The fourth-order valence-corrected chi connectivity index (χ4v) is 19.6. The van der Waals surface area contributed by atoms with Gasteiger partial charge in [-0.25, -0.2) is 9.97 Å². The van der Waals surface area contributed by atoms with Gasteiger partial charge in [-0.1, -0.05) is 310 Å². The van der Waals surface area contributed by atoms with E-state index >= 15 is 0 Å². The van der Waals surface area contributed by atoms with Gasteiger partial charge >= 0.3 is 0 Å². The number of hydrogen-bond donors (Lipinski definition) is 0. The van der Waals surface area contributed by atoms with Crippen LogP contribution < -0.4 is 0 Å². The van der Waals surface area contributed by atoms with Crippen LogP contribution in [0.1, 0.15) is 99.9 Å². The van der Waals surface area contributed by atoms with Crippen molar-refractivity contribution in [3.8, 4) is 134 Å². The Morgan fingerprint density at radius 1 is 0.188 bits per heavy atom.